The number of halogens is 1. The van der Waals surface area contributed by atoms with Crippen molar-refractivity contribution < 1.29 is 19.3 Å². The number of hydrogen-bond donors (Lipinski definition) is 3. The van der Waals surface area contributed by atoms with Gasteiger partial charge in [0.2, 0.25) is 0 Å². The van der Waals surface area contributed by atoms with E-state index in [1.165, 1.54) is 0 Å². The maximum absolute atomic E-state index is 9.92. The van der Waals surface area contributed by atoms with Crippen molar-refractivity contribution in [2.75, 3.05) is 69.9 Å². The molecule has 2 aromatic rings. The highest BCUT2D eigenvalue weighted by molar-refractivity contribution is 6.35. The van der Waals surface area contributed by atoms with E-state index < -0.39 is 6.10 Å². The molecule has 4 rings (SSSR count). The first-order chi connectivity index (χ1) is 15.6. The quantitative estimate of drug-likeness (QED) is 0.513. The largest absolute Gasteiger partial charge is 0.491 e. The van der Waals surface area contributed by atoms with Crippen molar-refractivity contribution in [3.05, 3.63) is 29.3 Å². The summed E-state index contributed by atoms with van der Waals surface area (Å²) in [6, 6.07) is 7.71. The summed E-state index contributed by atoms with van der Waals surface area (Å²) in [6.45, 7) is 4.70. The van der Waals surface area contributed by atoms with Gasteiger partial charge in [-0.3, -0.25) is 0 Å². The van der Waals surface area contributed by atoms with E-state index in [2.05, 4.69) is 15.5 Å². The smallest absolute Gasteiger partial charge is 0.164 e. The molecule has 10 heteroatoms. The molecule has 0 saturated carbocycles. The lowest BCUT2D eigenvalue weighted by molar-refractivity contribution is 0.108. The number of aromatic nitrogens is 2. The Morgan fingerprint density at radius 3 is 2.84 bits per heavy atom. The molecule has 0 bridgehead atoms. The molecule has 2 saturated heterocycles. The summed E-state index contributed by atoms with van der Waals surface area (Å²) in [5.74, 6) is 2.49. The summed E-state index contributed by atoms with van der Waals surface area (Å²) in [6.07, 6.45) is 0.314. The van der Waals surface area contributed by atoms with Gasteiger partial charge in [-0.05, 0) is 25.6 Å². The van der Waals surface area contributed by atoms with Crippen molar-refractivity contribution in [1.29, 1.82) is 0 Å². The molecule has 0 spiro atoms. The van der Waals surface area contributed by atoms with Crippen LogP contribution >= 0.6 is 11.6 Å². The number of ether oxygens (including phenoxy) is 3. The van der Waals surface area contributed by atoms with Crippen LogP contribution in [-0.4, -0.2) is 86.9 Å². The second-order valence-electron chi connectivity index (χ2n) is 7.89. The van der Waals surface area contributed by atoms with E-state index in [4.69, 9.17) is 35.8 Å². The second-order valence-corrected chi connectivity index (χ2v) is 8.27. The average Bonchev–Trinajstić information content (AvgIpc) is 3.33. The molecule has 1 aromatic carbocycles. The van der Waals surface area contributed by atoms with Crippen LogP contribution in [0.2, 0.25) is 5.02 Å². The molecule has 9 nitrogen and oxygen atoms in total. The molecule has 1 aromatic heterocycles. The topological polar surface area (TPSA) is 101 Å². The van der Waals surface area contributed by atoms with Gasteiger partial charge in [-0.15, -0.1) is 0 Å². The monoisotopic (exact) mass is 463 g/mol. The predicted molar refractivity (Wildman–Crippen MR) is 124 cm³/mol. The van der Waals surface area contributed by atoms with Gasteiger partial charge < -0.3 is 34.9 Å². The summed E-state index contributed by atoms with van der Waals surface area (Å²) >= 11 is 6.76. The summed E-state index contributed by atoms with van der Waals surface area (Å²) in [5, 5.41) is 16.8. The van der Waals surface area contributed by atoms with Crippen molar-refractivity contribution in [3.8, 4) is 17.1 Å². The van der Waals surface area contributed by atoms with Gasteiger partial charge in [-0.1, -0.05) is 23.7 Å². The lowest BCUT2D eigenvalue weighted by Crippen LogP contribution is -2.37. The Hall–Kier alpha value is -2.17. The first-order valence-corrected chi connectivity index (χ1v) is 11.3. The lowest BCUT2D eigenvalue weighted by atomic mass is 10.2. The molecule has 2 atom stereocenters. The third-order valence-corrected chi connectivity index (χ3v) is 5.74. The van der Waals surface area contributed by atoms with Gasteiger partial charge in [-0.2, -0.15) is 0 Å². The third kappa shape index (κ3) is 5.79. The molecule has 2 fully saturated rings. The van der Waals surface area contributed by atoms with E-state index in [1.54, 1.807) is 7.05 Å². The van der Waals surface area contributed by atoms with Crippen LogP contribution in [0, 0.1) is 0 Å². The van der Waals surface area contributed by atoms with Crippen LogP contribution in [0.5, 0.6) is 5.75 Å². The van der Waals surface area contributed by atoms with E-state index in [-0.39, 0.29) is 12.6 Å². The molecule has 0 amide bonds. The van der Waals surface area contributed by atoms with Gasteiger partial charge in [0.1, 0.15) is 23.5 Å². The number of anilines is 2. The van der Waals surface area contributed by atoms with Crippen LogP contribution in [0.1, 0.15) is 6.42 Å². The minimum Gasteiger partial charge on any atom is -0.491 e. The van der Waals surface area contributed by atoms with Crippen LogP contribution in [0.3, 0.4) is 0 Å². The molecule has 2 aliphatic heterocycles. The molecule has 0 aliphatic carbocycles. The van der Waals surface area contributed by atoms with Gasteiger partial charge in [-0.25, -0.2) is 9.97 Å². The fourth-order valence-corrected chi connectivity index (χ4v) is 3.96. The summed E-state index contributed by atoms with van der Waals surface area (Å²) < 4.78 is 16.7. The average molecular weight is 464 g/mol. The van der Waals surface area contributed by atoms with E-state index in [0.29, 0.717) is 67.7 Å². The number of aliphatic hydroxyl groups is 1. The molecule has 0 radical (unpaired) electrons. The zero-order valence-electron chi connectivity index (χ0n) is 18.2. The van der Waals surface area contributed by atoms with Crippen LogP contribution < -0.4 is 20.3 Å². The van der Waals surface area contributed by atoms with Crippen LogP contribution in [0.25, 0.3) is 11.4 Å². The first-order valence-electron chi connectivity index (χ1n) is 10.9. The molecule has 2 aliphatic rings. The highest BCUT2D eigenvalue weighted by Gasteiger charge is 2.24. The zero-order chi connectivity index (χ0) is 22.3. The fraction of sp³-hybridized carbons (Fsp3) is 0.545. The van der Waals surface area contributed by atoms with Crippen molar-refractivity contribution in [3.63, 3.8) is 0 Å². The SMILES string of the molecule is CNCC(O)COc1cccc(-c2nc(NC3CCOC3)c(Cl)c(N3CCOCC3)n2)c1. The molecule has 3 N–H and O–H groups in total. The maximum atomic E-state index is 9.92. The van der Waals surface area contributed by atoms with E-state index >= 15 is 0 Å². The Labute approximate surface area is 193 Å². The molecule has 32 heavy (non-hydrogen) atoms. The van der Waals surface area contributed by atoms with Crippen LogP contribution in [0.15, 0.2) is 24.3 Å². The Morgan fingerprint density at radius 1 is 1.25 bits per heavy atom. The number of benzene rings is 1. The standard InChI is InChI=1S/C22H30ClN5O4/c1-24-12-17(29)14-32-18-4-2-3-15(11-18)20-26-21(25-16-5-8-31-13-16)19(23)22(27-20)28-6-9-30-10-7-28/h2-4,11,16-17,24,29H,5-10,12-14H2,1H3,(H,25,26,27). The molecule has 174 valence electrons. The molecular formula is C22H30ClN5O4. The van der Waals surface area contributed by atoms with Crippen molar-refractivity contribution in [2.45, 2.75) is 18.6 Å². The summed E-state index contributed by atoms with van der Waals surface area (Å²) in [5.41, 5.74) is 0.808. The van der Waals surface area contributed by atoms with E-state index in [9.17, 15) is 5.11 Å². The lowest BCUT2D eigenvalue weighted by Gasteiger charge is -2.29. The Morgan fingerprint density at radius 2 is 2.09 bits per heavy atom. The third-order valence-electron chi connectivity index (χ3n) is 5.39. The van der Waals surface area contributed by atoms with Crippen molar-refractivity contribution >= 4 is 23.2 Å². The number of nitrogens with one attached hydrogen (secondary N) is 2. The Kier molecular flexibility index (Phi) is 7.99. The normalized spacial score (nSPS) is 19.7. The predicted octanol–water partition coefficient (Wildman–Crippen LogP) is 1.79. The van der Waals surface area contributed by atoms with Crippen molar-refractivity contribution in [1.82, 2.24) is 15.3 Å². The van der Waals surface area contributed by atoms with E-state index in [0.717, 1.165) is 18.6 Å². The minimum absolute atomic E-state index is 0.163. The number of hydrogen-bond acceptors (Lipinski definition) is 9. The molecular weight excluding hydrogens is 434 g/mol. The van der Waals surface area contributed by atoms with Gasteiger partial charge in [0.15, 0.2) is 17.5 Å². The minimum atomic E-state index is -0.590. The van der Waals surface area contributed by atoms with E-state index in [1.807, 2.05) is 24.3 Å². The number of aliphatic hydroxyl groups excluding tert-OH is 1. The Balaban J connectivity index is 1.62. The maximum Gasteiger partial charge on any atom is 0.164 e. The summed E-state index contributed by atoms with van der Waals surface area (Å²) in [7, 11) is 1.79. The summed E-state index contributed by atoms with van der Waals surface area (Å²) in [4.78, 5) is 11.7. The van der Waals surface area contributed by atoms with Crippen molar-refractivity contribution in [2.24, 2.45) is 0 Å². The molecule has 2 unspecified atom stereocenters. The second kappa shape index (κ2) is 11.1. The van der Waals surface area contributed by atoms with Crippen LogP contribution in [0.4, 0.5) is 11.6 Å². The highest BCUT2D eigenvalue weighted by Crippen LogP contribution is 2.34. The van der Waals surface area contributed by atoms with Gasteiger partial charge >= 0.3 is 0 Å². The fourth-order valence-electron chi connectivity index (χ4n) is 3.70. The number of rotatable bonds is 9. The van der Waals surface area contributed by atoms with Crippen LogP contribution in [-0.2, 0) is 9.47 Å². The van der Waals surface area contributed by atoms with Gasteiger partial charge in [0.05, 0.1) is 25.9 Å². The first kappa shape index (κ1) is 23.0. The number of morpholine rings is 1. The highest BCUT2D eigenvalue weighted by atomic mass is 35.5. The van der Waals surface area contributed by atoms with Gasteiger partial charge in [0, 0.05) is 31.8 Å². The Bertz CT molecular complexity index is 891. The number of nitrogens with zero attached hydrogens (tertiary/aromatic N) is 3. The number of likely N-dealkylation sites (N-methyl/N-ethyl adjacent to an activating group) is 1. The van der Waals surface area contributed by atoms with Gasteiger partial charge in [0.25, 0.3) is 0 Å². The molecule has 3 heterocycles. The zero-order valence-corrected chi connectivity index (χ0v) is 19.0.